The second kappa shape index (κ2) is 5.46. The summed E-state index contributed by atoms with van der Waals surface area (Å²) in [6, 6.07) is 3.76. The van der Waals surface area contributed by atoms with Gasteiger partial charge in [0.15, 0.2) is 0 Å². The molecular weight excluding hydrogens is 215 g/mol. The number of benzene rings is 1. The first kappa shape index (κ1) is 12.4. The fourth-order valence-electron chi connectivity index (χ4n) is 1.14. The molecule has 5 heteroatoms. The Morgan fingerprint density at radius 2 is 2.25 bits per heavy atom. The molecule has 0 bridgehead atoms. The summed E-state index contributed by atoms with van der Waals surface area (Å²) < 4.78 is 18.2. The first-order valence-corrected chi connectivity index (χ1v) is 4.89. The number of aliphatic hydroxyl groups is 1. The Morgan fingerprint density at radius 1 is 1.56 bits per heavy atom. The van der Waals surface area contributed by atoms with E-state index in [1.807, 2.05) is 0 Å². The highest BCUT2D eigenvalue weighted by atomic mass is 19.1. The van der Waals surface area contributed by atoms with Crippen LogP contribution in [0, 0.1) is 5.82 Å². The molecule has 0 aliphatic rings. The van der Waals surface area contributed by atoms with Gasteiger partial charge in [-0.2, -0.15) is 0 Å². The summed E-state index contributed by atoms with van der Waals surface area (Å²) in [6.07, 6.45) is -0.206. The van der Waals surface area contributed by atoms with Crippen molar-refractivity contribution in [3.8, 4) is 5.75 Å². The van der Waals surface area contributed by atoms with Crippen LogP contribution in [0.5, 0.6) is 5.75 Å². The molecule has 0 spiro atoms. The van der Waals surface area contributed by atoms with Gasteiger partial charge >= 0.3 is 5.97 Å². The Hall–Kier alpha value is -1.62. The molecule has 0 aliphatic carbocycles. The summed E-state index contributed by atoms with van der Waals surface area (Å²) in [5.41, 5.74) is -0.509. The Morgan fingerprint density at radius 3 is 2.81 bits per heavy atom. The van der Waals surface area contributed by atoms with Crippen molar-refractivity contribution in [3.05, 3.63) is 29.6 Å². The van der Waals surface area contributed by atoms with E-state index in [9.17, 15) is 14.3 Å². The van der Waals surface area contributed by atoms with Crippen LogP contribution in [0.3, 0.4) is 0 Å². The minimum absolute atomic E-state index is 0.0553. The van der Waals surface area contributed by atoms with Gasteiger partial charge in [-0.25, -0.2) is 9.18 Å². The number of carboxylic acid groups (broad SMARTS) is 1. The van der Waals surface area contributed by atoms with Crippen LogP contribution >= 0.6 is 0 Å². The Kier molecular flexibility index (Phi) is 4.25. The van der Waals surface area contributed by atoms with E-state index in [1.165, 1.54) is 12.1 Å². The average Bonchev–Trinajstić information content (AvgIpc) is 2.25. The van der Waals surface area contributed by atoms with Crippen LogP contribution in [0.15, 0.2) is 18.2 Å². The van der Waals surface area contributed by atoms with Crippen molar-refractivity contribution in [2.24, 2.45) is 0 Å². The van der Waals surface area contributed by atoms with Crippen molar-refractivity contribution in [3.63, 3.8) is 0 Å². The van der Waals surface area contributed by atoms with Crippen LogP contribution in [0.4, 0.5) is 4.39 Å². The van der Waals surface area contributed by atoms with Crippen molar-refractivity contribution < 1.29 is 24.1 Å². The minimum atomic E-state index is -1.39. The van der Waals surface area contributed by atoms with E-state index in [0.717, 1.165) is 6.07 Å². The zero-order valence-corrected chi connectivity index (χ0v) is 8.81. The molecule has 88 valence electrons. The fraction of sp³-hybridized carbons (Fsp3) is 0.364. The van der Waals surface area contributed by atoms with Crippen molar-refractivity contribution in [1.29, 1.82) is 0 Å². The van der Waals surface area contributed by atoms with Gasteiger partial charge in [-0.05, 0) is 18.6 Å². The number of rotatable bonds is 5. The van der Waals surface area contributed by atoms with Crippen molar-refractivity contribution in [1.82, 2.24) is 0 Å². The number of hydrogen-bond donors (Lipinski definition) is 2. The maximum Gasteiger partial charge on any atom is 0.342 e. The second-order valence-electron chi connectivity index (χ2n) is 3.29. The van der Waals surface area contributed by atoms with Gasteiger partial charge in [0.2, 0.25) is 0 Å². The summed E-state index contributed by atoms with van der Waals surface area (Å²) in [5.74, 6) is -2.31. The standard InChI is InChI=1S/C11H13FO4/c1-2-7(13)6-16-9-5-3-4-8(12)10(9)11(14)15/h3-5,7,13H,2,6H2,1H3,(H,14,15). The van der Waals surface area contributed by atoms with E-state index in [-0.39, 0.29) is 12.4 Å². The third kappa shape index (κ3) is 2.93. The van der Waals surface area contributed by atoms with Crippen molar-refractivity contribution in [2.45, 2.75) is 19.4 Å². The third-order valence-corrected chi connectivity index (χ3v) is 2.09. The van der Waals surface area contributed by atoms with Crippen LogP contribution in [0.1, 0.15) is 23.7 Å². The lowest BCUT2D eigenvalue weighted by molar-refractivity contribution is 0.0676. The fourth-order valence-corrected chi connectivity index (χ4v) is 1.14. The van der Waals surface area contributed by atoms with Gasteiger partial charge in [-0.15, -0.1) is 0 Å². The molecule has 16 heavy (non-hydrogen) atoms. The minimum Gasteiger partial charge on any atom is -0.490 e. The molecule has 0 aromatic heterocycles. The summed E-state index contributed by atoms with van der Waals surface area (Å²) in [5, 5.41) is 18.0. The predicted octanol–water partition coefficient (Wildman–Crippen LogP) is 1.67. The molecular formula is C11H13FO4. The molecule has 1 atom stereocenters. The van der Waals surface area contributed by atoms with E-state index in [2.05, 4.69) is 0 Å². The molecule has 1 aromatic carbocycles. The number of carboxylic acids is 1. The summed E-state index contributed by atoms with van der Waals surface area (Å²) in [7, 11) is 0. The van der Waals surface area contributed by atoms with Gasteiger partial charge in [-0.3, -0.25) is 0 Å². The summed E-state index contributed by atoms with van der Waals surface area (Å²) in [6.45, 7) is 1.71. The lowest BCUT2D eigenvalue weighted by Crippen LogP contribution is -2.17. The SMILES string of the molecule is CCC(O)COc1cccc(F)c1C(=O)O. The number of halogens is 1. The maximum absolute atomic E-state index is 13.2. The van der Waals surface area contributed by atoms with Crippen LogP contribution in [0.2, 0.25) is 0 Å². The number of aliphatic hydroxyl groups excluding tert-OH is 1. The predicted molar refractivity (Wildman–Crippen MR) is 55.2 cm³/mol. The van der Waals surface area contributed by atoms with E-state index in [0.29, 0.717) is 6.42 Å². The zero-order valence-electron chi connectivity index (χ0n) is 8.81. The smallest absolute Gasteiger partial charge is 0.342 e. The lowest BCUT2D eigenvalue weighted by atomic mass is 10.2. The Labute approximate surface area is 92.3 Å². The van der Waals surface area contributed by atoms with E-state index in [4.69, 9.17) is 9.84 Å². The van der Waals surface area contributed by atoms with Gasteiger partial charge in [0.25, 0.3) is 0 Å². The summed E-state index contributed by atoms with van der Waals surface area (Å²) in [4.78, 5) is 10.8. The maximum atomic E-state index is 13.2. The topological polar surface area (TPSA) is 66.8 Å². The molecule has 1 aromatic rings. The molecule has 4 nitrogen and oxygen atoms in total. The van der Waals surface area contributed by atoms with Crippen LogP contribution in [0.25, 0.3) is 0 Å². The van der Waals surface area contributed by atoms with E-state index < -0.39 is 23.5 Å². The quantitative estimate of drug-likeness (QED) is 0.804. The highest BCUT2D eigenvalue weighted by Gasteiger charge is 2.17. The van der Waals surface area contributed by atoms with Gasteiger partial charge in [-0.1, -0.05) is 13.0 Å². The monoisotopic (exact) mass is 228 g/mol. The van der Waals surface area contributed by atoms with Gasteiger partial charge in [0.05, 0.1) is 6.10 Å². The highest BCUT2D eigenvalue weighted by molar-refractivity contribution is 5.91. The van der Waals surface area contributed by atoms with Crippen LogP contribution in [-0.4, -0.2) is 28.9 Å². The van der Waals surface area contributed by atoms with Gasteiger partial charge in [0.1, 0.15) is 23.7 Å². The van der Waals surface area contributed by atoms with Crippen LogP contribution < -0.4 is 4.74 Å². The number of carbonyl (C=O) groups is 1. The third-order valence-electron chi connectivity index (χ3n) is 2.09. The number of hydrogen-bond acceptors (Lipinski definition) is 3. The molecule has 1 unspecified atom stereocenters. The first-order chi connectivity index (χ1) is 7.56. The highest BCUT2D eigenvalue weighted by Crippen LogP contribution is 2.21. The Bertz CT molecular complexity index is 378. The van der Waals surface area contributed by atoms with Crippen LogP contribution in [-0.2, 0) is 0 Å². The normalized spacial score (nSPS) is 12.2. The molecule has 0 saturated carbocycles. The first-order valence-electron chi connectivity index (χ1n) is 4.89. The van der Waals surface area contributed by atoms with Gasteiger partial charge in [0, 0.05) is 0 Å². The average molecular weight is 228 g/mol. The molecule has 1 rings (SSSR count). The molecule has 0 amide bonds. The second-order valence-corrected chi connectivity index (χ2v) is 3.29. The largest absolute Gasteiger partial charge is 0.490 e. The van der Waals surface area contributed by atoms with E-state index >= 15 is 0 Å². The lowest BCUT2D eigenvalue weighted by Gasteiger charge is -2.12. The Balaban J connectivity index is 2.87. The van der Waals surface area contributed by atoms with E-state index in [1.54, 1.807) is 6.92 Å². The van der Waals surface area contributed by atoms with Gasteiger partial charge < -0.3 is 14.9 Å². The molecule has 0 radical (unpaired) electrons. The molecule has 0 heterocycles. The number of aromatic carboxylic acids is 1. The molecule has 0 fully saturated rings. The molecule has 0 aliphatic heterocycles. The molecule has 2 N–H and O–H groups in total. The zero-order chi connectivity index (χ0) is 12.1. The molecule has 0 saturated heterocycles. The van der Waals surface area contributed by atoms with Crippen molar-refractivity contribution in [2.75, 3.05) is 6.61 Å². The summed E-state index contributed by atoms with van der Waals surface area (Å²) >= 11 is 0. The number of ether oxygens (including phenoxy) is 1. The van der Waals surface area contributed by atoms with Crippen molar-refractivity contribution >= 4 is 5.97 Å².